The number of Topliss-reactive ketones (excluding diaryl/α,β-unsaturated/α-hetero) is 1. The molecular formula is C24H32N2O9S. The maximum Gasteiger partial charge on any atom is 0.306 e. The van der Waals surface area contributed by atoms with Gasteiger partial charge in [-0.05, 0) is 43.6 Å². The Labute approximate surface area is 210 Å². The first-order chi connectivity index (χ1) is 17.1. The van der Waals surface area contributed by atoms with Crippen LogP contribution in [0.3, 0.4) is 0 Å². The van der Waals surface area contributed by atoms with Gasteiger partial charge in [0.1, 0.15) is 5.78 Å². The number of rotatable bonds is 10. The van der Waals surface area contributed by atoms with E-state index in [-0.39, 0.29) is 25.2 Å². The van der Waals surface area contributed by atoms with Crippen molar-refractivity contribution in [2.45, 2.75) is 56.4 Å². The standard InChI is InChI=1S/C24H32N2O9S/c1-4-15-16(8-7-11-21(27)34-2)23-17(18(24(15)29)14-22(28)35-3)12-13-25(23)36(32,33)20-10-6-5-9-19(20)26(30)31/h5-6,9-10,15-18,23H,4,7-8,11-14H2,1-3H3/t15-,16-,17-,18-,23-/m1/s1. The molecule has 0 unspecified atom stereocenters. The minimum Gasteiger partial charge on any atom is -0.469 e. The van der Waals surface area contributed by atoms with Crippen LogP contribution in [-0.4, -0.2) is 62.2 Å². The Morgan fingerprint density at radius 3 is 2.42 bits per heavy atom. The summed E-state index contributed by atoms with van der Waals surface area (Å²) in [5, 5.41) is 11.6. The molecule has 0 spiro atoms. The molecule has 36 heavy (non-hydrogen) atoms. The number of sulfonamides is 1. The monoisotopic (exact) mass is 524 g/mol. The molecule has 12 heteroatoms. The van der Waals surface area contributed by atoms with Crippen molar-refractivity contribution in [1.82, 2.24) is 4.31 Å². The molecule has 3 rings (SSSR count). The second-order valence-electron chi connectivity index (χ2n) is 9.22. The highest BCUT2D eigenvalue weighted by Crippen LogP contribution is 2.50. The quantitative estimate of drug-likeness (QED) is 0.256. The van der Waals surface area contributed by atoms with Crippen molar-refractivity contribution in [3.63, 3.8) is 0 Å². The van der Waals surface area contributed by atoms with Crippen LogP contribution in [0.1, 0.15) is 45.4 Å². The average Bonchev–Trinajstić information content (AvgIpc) is 3.31. The molecule has 0 radical (unpaired) electrons. The summed E-state index contributed by atoms with van der Waals surface area (Å²) in [6.45, 7) is 1.90. The highest BCUT2D eigenvalue weighted by molar-refractivity contribution is 7.89. The van der Waals surface area contributed by atoms with Crippen LogP contribution in [0, 0.1) is 33.8 Å². The van der Waals surface area contributed by atoms with Gasteiger partial charge < -0.3 is 9.47 Å². The Morgan fingerprint density at radius 1 is 1.14 bits per heavy atom. The van der Waals surface area contributed by atoms with E-state index >= 15 is 0 Å². The lowest BCUT2D eigenvalue weighted by atomic mass is 9.62. The molecule has 1 saturated carbocycles. The van der Waals surface area contributed by atoms with Crippen LogP contribution in [0.5, 0.6) is 0 Å². The highest BCUT2D eigenvalue weighted by Gasteiger charge is 2.57. The minimum absolute atomic E-state index is 0.0681. The lowest BCUT2D eigenvalue weighted by molar-refractivity contribution is -0.387. The van der Waals surface area contributed by atoms with Gasteiger partial charge in [0.25, 0.3) is 5.69 Å². The maximum atomic E-state index is 13.8. The summed E-state index contributed by atoms with van der Waals surface area (Å²) < 4.78 is 38.4. The molecule has 0 aromatic heterocycles. The first kappa shape index (κ1) is 27.7. The van der Waals surface area contributed by atoms with Gasteiger partial charge in [-0.15, -0.1) is 0 Å². The molecular weight excluding hydrogens is 492 g/mol. The van der Waals surface area contributed by atoms with E-state index in [0.29, 0.717) is 25.7 Å². The van der Waals surface area contributed by atoms with Gasteiger partial charge in [-0.3, -0.25) is 24.5 Å². The Kier molecular flexibility index (Phi) is 8.83. The second-order valence-corrected chi connectivity index (χ2v) is 11.1. The fourth-order valence-electron chi connectivity index (χ4n) is 5.92. The van der Waals surface area contributed by atoms with Gasteiger partial charge in [0, 0.05) is 36.9 Å². The number of nitro benzene ring substituents is 1. The van der Waals surface area contributed by atoms with Crippen LogP contribution in [0.4, 0.5) is 5.69 Å². The third-order valence-electron chi connectivity index (χ3n) is 7.51. The number of para-hydroxylation sites is 1. The largest absolute Gasteiger partial charge is 0.469 e. The Bertz CT molecular complexity index is 1120. The van der Waals surface area contributed by atoms with Crippen molar-refractivity contribution in [2.24, 2.45) is 23.7 Å². The summed E-state index contributed by atoms with van der Waals surface area (Å²) in [5.41, 5.74) is -0.520. The van der Waals surface area contributed by atoms with E-state index in [0.717, 1.165) is 6.07 Å². The molecule has 1 heterocycles. The molecule has 1 aromatic rings. The Hall–Kier alpha value is -2.86. The zero-order chi connectivity index (χ0) is 26.6. The molecule has 2 fully saturated rings. The summed E-state index contributed by atoms with van der Waals surface area (Å²) >= 11 is 0. The number of nitrogens with zero attached hydrogens (tertiary/aromatic N) is 2. The molecule has 1 saturated heterocycles. The number of hydrogen-bond donors (Lipinski definition) is 0. The maximum absolute atomic E-state index is 13.8. The molecule has 0 N–H and O–H groups in total. The summed E-state index contributed by atoms with van der Waals surface area (Å²) in [5.74, 6) is -3.15. The van der Waals surface area contributed by atoms with Gasteiger partial charge in [0.05, 0.1) is 25.6 Å². The van der Waals surface area contributed by atoms with Crippen LogP contribution < -0.4 is 0 Å². The van der Waals surface area contributed by atoms with Crippen molar-refractivity contribution < 1.29 is 37.2 Å². The number of ketones is 1. The number of carbonyl (C=O) groups excluding carboxylic acids is 3. The topological polar surface area (TPSA) is 150 Å². The number of esters is 2. The van der Waals surface area contributed by atoms with Crippen molar-refractivity contribution in [2.75, 3.05) is 20.8 Å². The molecule has 198 valence electrons. The molecule has 1 aromatic carbocycles. The molecule has 1 aliphatic carbocycles. The summed E-state index contributed by atoms with van der Waals surface area (Å²) in [6, 6.07) is 4.54. The smallest absolute Gasteiger partial charge is 0.306 e. The molecule has 0 amide bonds. The molecule has 11 nitrogen and oxygen atoms in total. The number of carbonyl (C=O) groups is 3. The lowest BCUT2D eigenvalue weighted by Crippen LogP contribution is -2.54. The number of ether oxygens (including phenoxy) is 2. The number of fused-ring (bicyclic) bond motifs is 1. The molecule has 1 aliphatic heterocycles. The van der Waals surface area contributed by atoms with Gasteiger partial charge in [-0.25, -0.2) is 8.42 Å². The summed E-state index contributed by atoms with van der Waals surface area (Å²) in [6.07, 6.45) is 1.53. The summed E-state index contributed by atoms with van der Waals surface area (Å²) in [4.78, 5) is 47.8. The first-order valence-electron chi connectivity index (χ1n) is 12.0. The van der Waals surface area contributed by atoms with E-state index in [2.05, 4.69) is 0 Å². The van der Waals surface area contributed by atoms with E-state index in [9.17, 15) is 32.9 Å². The summed E-state index contributed by atoms with van der Waals surface area (Å²) in [7, 11) is -1.78. The van der Waals surface area contributed by atoms with Gasteiger partial charge in [-0.1, -0.05) is 19.1 Å². The van der Waals surface area contributed by atoms with Crippen LogP contribution >= 0.6 is 0 Å². The minimum atomic E-state index is -4.30. The van der Waals surface area contributed by atoms with Gasteiger partial charge >= 0.3 is 11.9 Å². The molecule has 5 atom stereocenters. The number of nitro groups is 1. The SMILES string of the molecule is CC[C@H]1C(=O)[C@H](CC(=O)OC)[C@H]2CCN(S(=O)(=O)c3ccccc3[N+](=O)[O-])[C@@H]2[C@@H]1CCCC(=O)OC. The first-order valence-corrected chi connectivity index (χ1v) is 13.4. The normalized spacial score (nSPS) is 26.3. The van der Waals surface area contributed by atoms with E-state index < -0.39 is 67.2 Å². The number of benzene rings is 1. The van der Waals surface area contributed by atoms with Gasteiger partial charge in [-0.2, -0.15) is 4.31 Å². The average molecular weight is 525 g/mol. The fourth-order valence-corrected chi connectivity index (χ4v) is 7.81. The van der Waals surface area contributed by atoms with Crippen LogP contribution in [-0.2, 0) is 33.9 Å². The highest BCUT2D eigenvalue weighted by atomic mass is 32.2. The Balaban J connectivity index is 2.06. The molecule has 2 aliphatic rings. The Morgan fingerprint density at radius 2 is 1.81 bits per heavy atom. The second kappa shape index (κ2) is 11.5. The third-order valence-corrected chi connectivity index (χ3v) is 9.45. The van der Waals surface area contributed by atoms with Crippen molar-refractivity contribution in [3.05, 3.63) is 34.4 Å². The van der Waals surface area contributed by atoms with Crippen molar-refractivity contribution >= 4 is 33.4 Å². The van der Waals surface area contributed by atoms with E-state index in [1.165, 1.54) is 36.7 Å². The zero-order valence-electron chi connectivity index (χ0n) is 20.6. The van der Waals surface area contributed by atoms with Crippen molar-refractivity contribution in [3.8, 4) is 0 Å². The van der Waals surface area contributed by atoms with E-state index in [4.69, 9.17) is 9.47 Å². The lowest BCUT2D eigenvalue weighted by Gasteiger charge is -2.45. The van der Waals surface area contributed by atoms with Crippen LogP contribution in [0.25, 0.3) is 0 Å². The predicted molar refractivity (Wildman–Crippen MR) is 127 cm³/mol. The molecule has 0 bridgehead atoms. The fraction of sp³-hybridized carbons (Fsp3) is 0.625. The number of methoxy groups -OCH3 is 2. The number of hydrogen-bond acceptors (Lipinski definition) is 9. The van der Waals surface area contributed by atoms with Gasteiger partial charge in [0.2, 0.25) is 10.0 Å². The van der Waals surface area contributed by atoms with Crippen molar-refractivity contribution in [1.29, 1.82) is 0 Å². The third kappa shape index (κ3) is 5.29. The predicted octanol–water partition coefficient (Wildman–Crippen LogP) is 2.72. The van der Waals surface area contributed by atoms with Crippen LogP contribution in [0.15, 0.2) is 29.2 Å². The van der Waals surface area contributed by atoms with E-state index in [1.54, 1.807) is 0 Å². The zero-order valence-corrected chi connectivity index (χ0v) is 21.4. The van der Waals surface area contributed by atoms with E-state index in [1.807, 2.05) is 6.92 Å². The van der Waals surface area contributed by atoms with Gasteiger partial charge in [0.15, 0.2) is 4.90 Å². The van der Waals surface area contributed by atoms with Crippen LogP contribution in [0.2, 0.25) is 0 Å².